The number of aryl methyl sites for hydroxylation is 2. The third-order valence-corrected chi connectivity index (χ3v) is 2.92. The van der Waals surface area contributed by atoms with Crippen molar-refractivity contribution in [1.29, 1.82) is 0 Å². The van der Waals surface area contributed by atoms with Crippen molar-refractivity contribution in [1.82, 2.24) is 15.0 Å². The van der Waals surface area contributed by atoms with Crippen LogP contribution in [0.1, 0.15) is 31.3 Å². The number of fused-ring (bicyclic) bond motifs is 1. The molecule has 92 valence electrons. The summed E-state index contributed by atoms with van der Waals surface area (Å²) in [5.41, 5.74) is 2.07. The molecule has 0 atom stereocenters. The molecule has 0 spiro atoms. The van der Waals surface area contributed by atoms with Crippen LogP contribution in [0.3, 0.4) is 0 Å². The Morgan fingerprint density at radius 2 is 2.06 bits per heavy atom. The molecule has 2 aromatic rings. The molecule has 0 radical (unpaired) electrons. The first-order chi connectivity index (χ1) is 8.11. The zero-order valence-electron chi connectivity index (χ0n) is 11.0. The minimum absolute atomic E-state index is 0.817. The van der Waals surface area contributed by atoms with Gasteiger partial charge in [-0.05, 0) is 26.3 Å². The second-order valence-corrected chi connectivity index (χ2v) is 4.58. The largest absolute Gasteiger partial charge is 0.359 e. The summed E-state index contributed by atoms with van der Waals surface area (Å²) < 4.78 is 0. The van der Waals surface area contributed by atoms with Crippen molar-refractivity contribution in [2.45, 2.75) is 33.6 Å². The highest BCUT2D eigenvalue weighted by molar-refractivity contribution is 5.88. The molecule has 4 nitrogen and oxygen atoms in total. The van der Waals surface area contributed by atoms with Gasteiger partial charge in [0.1, 0.15) is 17.3 Å². The normalized spacial score (nSPS) is 11.1. The minimum Gasteiger partial charge on any atom is -0.359 e. The number of anilines is 1. The maximum absolute atomic E-state index is 4.56. The van der Waals surface area contributed by atoms with E-state index < -0.39 is 0 Å². The van der Waals surface area contributed by atoms with Crippen molar-refractivity contribution in [3.63, 3.8) is 0 Å². The van der Waals surface area contributed by atoms with E-state index in [2.05, 4.69) is 39.9 Å². The van der Waals surface area contributed by atoms with Crippen LogP contribution in [0.5, 0.6) is 0 Å². The molecule has 4 heteroatoms. The van der Waals surface area contributed by atoms with Gasteiger partial charge in [-0.15, -0.1) is 0 Å². The van der Waals surface area contributed by atoms with Crippen LogP contribution in [-0.2, 0) is 0 Å². The van der Waals surface area contributed by atoms with Gasteiger partial charge in [0.2, 0.25) is 0 Å². The van der Waals surface area contributed by atoms with Crippen molar-refractivity contribution in [3.05, 3.63) is 17.6 Å². The molecular weight excluding hydrogens is 212 g/mol. The minimum atomic E-state index is 0.817. The fraction of sp³-hybridized carbons (Fsp3) is 0.538. The number of hydrogen-bond donors (Lipinski definition) is 1. The zero-order chi connectivity index (χ0) is 12.4. The number of rotatable bonds is 4. The van der Waals surface area contributed by atoms with Crippen molar-refractivity contribution >= 4 is 16.9 Å². The van der Waals surface area contributed by atoms with Crippen LogP contribution in [0, 0.1) is 13.8 Å². The van der Waals surface area contributed by atoms with E-state index in [1.807, 2.05) is 13.8 Å². The quantitative estimate of drug-likeness (QED) is 0.881. The smallest absolute Gasteiger partial charge is 0.143 e. The molecule has 2 aromatic heterocycles. The van der Waals surface area contributed by atoms with Crippen LogP contribution in [0.15, 0.2) is 6.07 Å². The van der Waals surface area contributed by atoms with Crippen molar-refractivity contribution in [2.75, 3.05) is 18.5 Å². The van der Waals surface area contributed by atoms with Gasteiger partial charge in [-0.25, -0.2) is 9.97 Å². The molecule has 0 fully saturated rings. The van der Waals surface area contributed by atoms with E-state index in [1.54, 1.807) is 0 Å². The molecule has 0 bridgehead atoms. The SMILES string of the molecule is CCCCN(C)c1nc(C)nc2[nH]c(C)cc12. The lowest BCUT2D eigenvalue weighted by Gasteiger charge is -2.18. The highest BCUT2D eigenvalue weighted by Gasteiger charge is 2.11. The van der Waals surface area contributed by atoms with E-state index >= 15 is 0 Å². The highest BCUT2D eigenvalue weighted by Crippen LogP contribution is 2.23. The maximum Gasteiger partial charge on any atom is 0.143 e. The summed E-state index contributed by atoms with van der Waals surface area (Å²) >= 11 is 0. The molecule has 0 aliphatic carbocycles. The van der Waals surface area contributed by atoms with Crippen LogP contribution < -0.4 is 4.90 Å². The molecule has 1 N–H and O–H groups in total. The second-order valence-electron chi connectivity index (χ2n) is 4.58. The Labute approximate surface area is 102 Å². The van der Waals surface area contributed by atoms with E-state index in [9.17, 15) is 0 Å². The second kappa shape index (κ2) is 4.73. The first-order valence-electron chi connectivity index (χ1n) is 6.17. The Balaban J connectivity index is 2.43. The lowest BCUT2D eigenvalue weighted by molar-refractivity contribution is 0.759. The van der Waals surface area contributed by atoms with Gasteiger partial charge in [0.05, 0.1) is 5.39 Å². The Morgan fingerprint density at radius 1 is 1.29 bits per heavy atom. The number of unbranched alkanes of at least 4 members (excludes halogenated alkanes) is 1. The lowest BCUT2D eigenvalue weighted by atomic mass is 10.3. The molecule has 0 aliphatic rings. The summed E-state index contributed by atoms with van der Waals surface area (Å²) in [6.07, 6.45) is 2.38. The van der Waals surface area contributed by atoms with Crippen LogP contribution in [0.2, 0.25) is 0 Å². The molecule has 0 aromatic carbocycles. The molecule has 0 saturated carbocycles. The van der Waals surface area contributed by atoms with Crippen molar-refractivity contribution in [2.24, 2.45) is 0 Å². The molecule has 17 heavy (non-hydrogen) atoms. The predicted octanol–water partition coefficient (Wildman–Crippen LogP) is 2.81. The van der Waals surface area contributed by atoms with Crippen LogP contribution in [0.25, 0.3) is 11.0 Å². The molecule has 0 amide bonds. The van der Waals surface area contributed by atoms with Crippen LogP contribution in [0.4, 0.5) is 5.82 Å². The molecule has 0 saturated heterocycles. The third-order valence-electron chi connectivity index (χ3n) is 2.92. The van der Waals surface area contributed by atoms with Crippen molar-refractivity contribution in [3.8, 4) is 0 Å². The lowest BCUT2D eigenvalue weighted by Crippen LogP contribution is -2.20. The monoisotopic (exact) mass is 232 g/mol. The predicted molar refractivity (Wildman–Crippen MR) is 71.5 cm³/mol. The number of H-pyrrole nitrogens is 1. The van der Waals surface area contributed by atoms with Gasteiger partial charge in [-0.3, -0.25) is 0 Å². The van der Waals surface area contributed by atoms with Gasteiger partial charge >= 0.3 is 0 Å². The fourth-order valence-electron chi connectivity index (χ4n) is 2.03. The third kappa shape index (κ3) is 2.40. The summed E-state index contributed by atoms with van der Waals surface area (Å²) in [5, 5.41) is 1.12. The number of aromatic nitrogens is 3. The number of nitrogens with zero attached hydrogens (tertiary/aromatic N) is 3. The van der Waals surface area contributed by atoms with E-state index in [0.29, 0.717) is 0 Å². The maximum atomic E-state index is 4.56. The topological polar surface area (TPSA) is 44.8 Å². The first-order valence-corrected chi connectivity index (χ1v) is 6.17. The van der Waals surface area contributed by atoms with E-state index in [-0.39, 0.29) is 0 Å². The van der Waals surface area contributed by atoms with Crippen LogP contribution in [-0.4, -0.2) is 28.5 Å². The van der Waals surface area contributed by atoms with Gasteiger partial charge < -0.3 is 9.88 Å². The summed E-state index contributed by atoms with van der Waals surface area (Å²) in [4.78, 5) is 14.5. The fourth-order valence-corrected chi connectivity index (χ4v) is 2.03. The number of nitrogens with one attached hydrogen (secondary N) is 1. The van der Waals surface area contributed by atoms with E-state index in [4.69, 9.17) is 0 Å². The van der Waals surface area contributed by atoms with Crippen LogP contribution >= 0.6 is 0 Å². The number of aromatic amines is 1. The Hall–Kier alpha value is -1.58. The molecule has 0 unspecified atom stereocenters. The van der Waals surface area contributed by atoms with Gasteiger partial charge in [0, 0.05) is 19.3 Å². The van der Waals surface area contributed by atoms with E-state index in [0.717, 1.165) is 34.9 Å². The molecule has 0 aliphatic heterocycles. The average molecular weight is 232 g/mol. The van der Waals surface area contributed by atoms with Gasteiger partial charge in [-0.2, -0.15) is 0 Å². The molecule has 2 rings (SSSR count). The molecular formula is C13H20N4. The zero-order valence-corrected chi connectivity index (χ0v) is 11.0. The summed E-state index contributed by atoms with van der Waals surface area (Å²) in [6.45, 7) is 7.22. The summed E-state index contributed by atoms with van der Waals surface area (Å²) in [6, 6.07) is 2.12. The molecule has 2 heterocycles. The highest BCUT2D eigenvalue weighted by atomic mass is 15.2. The Morgan fingerprint density at radius 3 is 2.76 bits per heavy atom. The standard InChI is InChI=1S/C13H20N4/c1-5-6-7-17(4)13-11-8-9(2)14-12(11)15-10(3)16-13/h8H,5-7H2,1-4H3,(H,14,15,16). The summed E-state index contributed by atoms with van der Waals surface area (Å²) in [5.74, 6) is 1.85. The Kier molecular flexibility index (Phi) is 3.31. The van der Waals surface area contributed by atoms with Crippen molar-refractivity contribution < 1.29 is 0 Å². The van der Waals surface area contributed by atoms with Gasteiger partial charge in [0.25, 0.3) is 0 Å². The van der Waals surface area contributed by atoms with Gasteiger partial charge in [0.15, 0.2) is 0 Å². The average Bonchev–Trinajstić information content (AvgIpc) is 2.64. The summed E-state index contributed by atoms with van der Waals surface area (Å²) in [7, 11) is 2.10. The number of hydrogen-bond acceptors (Lipinski definition) is 3. The van der Waals surface area contributed by atoms with Gasteiger partial charge in [-0.1, -0.05) is 13.3 Å². The Bertz CT molecular complexity index is 515. The van der Waals surface area contributed by atoms with E-state index in [1.165, 1.54) is 12.8 Å². The first kappa shape index (κ1) is 11.9.